The lowest BCUT2D eigenvalue weighted by molar-refractivity contribution is 0.444. The first-order valence-corrected chi connectivity index (χ1v) is 5.98. The van der Waals surface area contributed by atoms with Crippen LogP contribution in [0.4, 0.5) is 4.39 Å². The zero-order valence-electron chi connectivity index (χ0n) is 10.4. The smallest absolute Gasteiger partial charge is 0.123 e. The van der Waals surface area contributed by atoms with Gasteiger partial charge in [0.2, 0.25) is 0 Å². The Morgan fingerprint density at radius 3 is 2.47 bits per heavy atom. The summed E-state index contributed by atoms with van der Waals surface area (Å²) in [6, 6.07) is 8.83. The lowest BCUT2D eigenvalue weighted by atomic mass is 9.97. The molecule has 1 unspecified atom stereocenters. The minimum Gasteiger partial charge on any atom is -0.315 e. The van der Waals surface area contributed by atoms with Crippen molar-refractivity contribution in [1.82, 2.24) is 5.32 Å². The average Bonchev–Trinajstić information content (AvgIpc) is 2.31. The standard InChI is InChI=1S/C14H19FN2/c1-11(2)13(9-16)10-17-8-7-12-3-5-14(15)6-4-12/h3-6,11,13,17H,7-8,10H2,1-2H3. The first-order chi connectivity index (χ1) is 8.13. The van der Waals surface area contributed by atoms with Crippen LogP contribution in [0.2, 0.25) is 0 Å². The van der Waals surface area contributed by atoms with Crippen molar-refractivity contribution in [2.24, 2.45) is 11.8 Å². The van der Waals surface area contributed by atoms with E-state index in [1.165, 1.54) is 12.1 Å². The molecule has 0 amide bonds. The van der Waals surface area contributed by atoms with E-state index in [4.69, 9.17) is 5.26 Å². The second-order valence-electron chi connectivity index (χ2n) is 4.56. The molecule has 0 aliphatic carbocycles. The molecular weight excluding hydrogens is 215 g/mol. The molecule has 0 aliphatic rings. The summed E-state index contributed by atoms with van der Waals surface area (Å²) in [6.45, 7) is 5.64. The quantitative estimate of drug-likeness (QED) is 0.768. The van der Waals surface area contributed by atoms with Gasteiger partial charge in [0.25, 0.3) is 0 Å². The van der Waals surface area contributed by atoms with Gasteiger partial charge in [-0.25, -0.2) is 4.39 Å². The molecule has 1 N–H and O–H groups in total. The predicted octanol–water partition coefficient (Wildman–Crippen LogP) is 2.75. The number of rotatable bonds is 6. The van der Waals surface area contributed by atoms with Gasteiger partial charge in [0, 0.05) is 6.54 Å². The van der Waals surface area contributed by atoms with Crippen molar-refractivity contribution < 1.29 is 4.39 Å². The fraction of sp³-hybridized carbons (Fsp3) is 0.500. The molecular formula is C14H19FN2. The van der Waals surface area contributed by atoms with Gasteiger partial charge >= 0.3 is 0 Å². The molecule has 0 saturated heterocycles. The van der Waals surface area contributed by atoms with E-state index in [1.54, 1.807) is 12.1 Å². The van der Waals surface area contributed by atoms with E-state index in [2.05, 4.69) is 25.2 Å². The summed E-state index contributed by atoms with van der Waals surface area (Å²) in [7, 11) is 0. The Hall–Kier alpha value is -1.40. The van der Waals surface area contributed by atoms with E-state index in [1.807, 2.05) is 0 Å². The van der Waals surface area contributed by atoms with E-state index < -0.39 is 0 Å². The van der Waals surface area contributed by atoms with Gasteiger partial charge in [0.05, 0.1) is 12.0 Å². The van der Waals surface area contributed by atoms with Gasteiger partial charge in [0.1, 0.15) is 5.82 Å². The third-order valence-electron chi connectivity index (χ3n) is 2.84. The molecule has 0 saturated carbocycles. The molecule has 17 heavy (non-hydrogen) atoms. The summed E-state index contributed by atoms with van der Waals surface area (Å²) in [5.74, 6) is 0.229. The van der Waals surface area contributed by atoms with Crippen LogP contribution in [0.3, 0.4) is 0 Å². The molecule has 2 nitrogen and oxygen atoms in total. The highest BCUT2D eigenvalue weighted by Crippen LogP contribution is 2.08. The highest BCUT2D eigenvalue weighted by atomic mass is 19.1. The van der Waals surface area contributed by atoms with Gasteiger partial charge in [-0.15, -0.1) is 0 Å². The van der Waals surface area contributed by atoms with Crippen LogP contribution < -0.4 is 5.32 Å². The summed E-state index contributed by atoms with van der Waals surface area (Å²) < 4.78 is 12.7. The zero-order chi connectivity index (χ0) is 12.7. The Morgan fingerprint density at radius 2 is 1.94 bits per heavy atom. The van der Waals surface area contributed by atoms with Gasteiger partial charge in [-0.1, -0.05) is 26.0 Å². The SMILES string of the molecule is CC(C)C(C#N)CNCCc1ccc(F)cc1. The largest absolute Gasteiger partial charge is 0.315 e. The van der Waals surface area contributed by atoms with Crippen molar-refractivity contribution in [3.63, 3.8) is 0 Å². The van der Waals surface area contributed by atoms with Crippen LogP contribution >= 0.6 is 0 Å². The van der Waals surface area contributed by atoms with Crippen molar-refractivity contribution in [2.75, 3.05) is 13.1 Å². The van der Waals surface area contributed by atoms with Crippen LogP contribution in [0, 0.1) is 29.0 Å². The third-order valence-corrected chi connectivity index (χ3v) is 2.84. The molecule has 3 heteroatoms. The molecule has 0 fully saturated rings. The molecule has 0 heterocycles. The number of nitrogens with one attached hydrogen (secondary N) is 1. The normalized spacial score (nSPS) is 12.4. The Kier molecular flexibility index (Phi) is 5.65. The maximum atomic E-state index is 12.7. The Balaban J connectivity index is 2.24. The molecule has 0 spiro atoms. The summed E-state index contributed by atoms with van der Waals surface area (Å²) >= 11 is 0. The third kappa shape index (κ3) is 4.97. The first-order valence-electron chi connectivity index (χ1n) is 5.98. The van der Waals surface area contributed by atoms with Crippen molar-refractivity contribution in [1.29, 1.82) is 5.26 Å². The van der Waals surface area contributed by atoms with E-state index in [-0.39, 0.29) is 11.7 Å². The van der Waals surface area contributed by atoms with Gasteiger partial charge in [-0.3, -0.25) is 0 Å². The number of nitriles is 1. The van der Waals surface area contributed by atoms with Gasteiger partial charge < -0.3 is 5.32 Å². The Bertz CT molecular complexity index is 365. The Labute approximate surface area is 102 Å². The van der Waals surface area contributed by atoms with Crippen molar-refractivity contribution in [3.8, 4) is 6.07 Å². The summed E-state index contributed by atoms with van der Waals surface area (Å²) in [6.07, 6.45) is 0.858. The summed E-state index contributed by atoms with van der Waals surface area (Å²) in [5.41, 5.74) is 1.11. The van der Waals surface area contributed by atoms with Crippen molar-refractivity contribution in [3.05, 3.63) is 35.6 Å². The summed E-state index contributed by atoms with van der Waals surface area (Å²) in [5, 5.41) is 12.2. The van der Waals surface area contributed by atoms with Crippen LogP contribution in [0.1, 0.15) is 19.4 Å². The molecule has 92 valence electrons. The highest BCUT2D eigenvalue weighted by molar-refractivity contribution is 5.16. The lowest BCUT2D eigenvalue weighted by Crippen LogP contribution is -2.26. The number of halogens is 1. The molecule has 1 aromatic rings. The maximum absolute atomic E-state index is 12.7. The fourth-order valence-electron chi connectivity index (χ4n) is 1.57. The zero-order valence-corrected chi connectivity index (χ0v) is 10.4. The minimum atomic E-state index is -0.203. The Morgan fingerprint density at radius 1 is 1.29 bits per heavy atom. The molecule has 0 aromatic heterocycles. The number of benzene rings is 1. The molecule has 0 aliphatic heterocycles. The number of hydrogen-bond acceptors (Lipinski definition) is 2. The molecule has 1 atom stereocenters. The minimum absolute atomic E-state index is 0.0585. The van der Waals surface area contributed by atoms with Crippen LogP contribution in [0.25, 0.3) is 0 Å². The van der Waals surface area contributed by atoms with Gasteiger partial charge in [-0.2, -0.15) is 5.26 Å². The predicted molar refractivity (Wildman–Crippen MR) is 66.9 cm³/mol. The number of hydrogen-bond donors (Lipinski definition) is 1. The van der Waals surface area contributed by atoms with Crippen LogP contribution in [-0.4, -0.2) is 13.1 Å². The maximum Gasteiger partial charge on any atom is 0.123 e. The van der Waals surface area contributed by atoms with E-state index >= 15 is 0 Å². The average molecular weight is 234 g/mol. The van der Waals surface area contributed by atoms with E-state index in [0.717, 1.165) is 25.1 Å². The number of nitrogens with zero attached hydrogens (tertiary/aromatic N) is 1. The second-order valence-corrected chi connectivity index (χ2v) is 4.56. The first kappa shape index (κ1) is 13.7. The highest BCUT2D eigenvalue weighted by Gasteiger charge is 2.10. The van der Waals surface area contributed by atoms with E-state index in [0.29, 0.717) is 5.92 Å². The van der Waals surface area contributed by atoms with Crippen LogP contribution in [0.5, 0.6) is 0 Å². The fourth-order valence-corrected chi connectivity index (χ4v) is 1.57. The van der Waals surface area contributed by atoms with Crippen LogP contribution in [-0.2, 0) is 6.42 Å². The van der Waals surface area contributed by atoms with Crippen LogP contribution in [0.15, 0.2) is 24.3 Å². The van der Waals surface area contributed by atoms with Gasteiger partial charge in [0.15, 0.2) is 0 Å². The molecule has 1 aromatic carbocycles. The monoisotopic (exact) mass is 234 g/mol. The topological polar surface area (TPSA) is 35.8 Å². The van der Waals surface area contributed by atoms with Crippen molar-refractivity contribution >= 4 is 0 Å². The molecule has 0 radical (unpaired) electrons. The summed E-state index contributed by atoms with van der Waals surface area (Å²) in [4.78, 5) is 0. The lowest BCUT2D eigenvalue weighted by Gasteiger charge is -2.13. The second kappa shape index (κ2) is 7.03. The molecule has 0 bridgehead atoms. The van der Waals surface area contributed by atoms with Gasteiger partial charge in [-0.05, 0) is 36.6 Å². The molecule has 1 rings (SSSR count). The van der Waals surface area contributed by atoms with E-state index in [9.17, 15) is 4.39 Å². The van der Waals surface area contributed by atoms with Crippen molar-refractivity contribution in [2.45, 2.75) is 20.3 Å².